The van der Waals surface area contributed by atoms with Crippen LogP contribution >= 0.6 is 0 Å². The molecule has 0 aliphatic heterocycles. The van der Waals surface area contributed by atoms with Crippen LogP contribution in [0.15, 0.2) is 0 Å². The largest absolute Gasteiger partial charge is 0.462 e. The van der Waals surface area contributed by atoms with Gasteiger partial charge in [-0.1, -0.05) is 201 Å². The maximum absolute atomic E-state index is 12.2. The number of rotatable bonds is 37. The minimum absolute atomic E-state index is 0.0592. The third-order valence-electron chi connectivity index (χ3n) is 9.87. The second kappa shape index (κ2) is 36.2. The van der Waals surface area contributed by atoms with Gasteiger partial charge in [0.15, 0.2) is 6.10 Å². The smallest absolute Gasteiger partial charge is 0.306 e. The van der Waals surface area contributed by atoms with E-state index < -0.39 is 6.10 Å². The van der Waals surface area contributed by atoms with Gasteiger partial charge < -0.3 is 14.6 Å². The van der Waals surface area contributed by atoms with Crippen molar-refractivity contribution in [3.8, 4) is 0 Å². The van der Waals surface area contributed by atoms with Crippen LogP contribution in [0.2, 0.25) is 0 Å². The summed E-state index contributed by atoms with van der Waals surface area (Å²) >= 11 is 0. The Balaban J connectivity index is 3.46. The Kier molecular flexibility index (Phi) is 35.3. The van der Waals surface area contributed by atoms with Gasteiger partial charge in [-0.15, -0.1) is 0 Å². The third kappa shape index (κ3) is 36.0. The van der Waals surface area contributed by atoms with E-state index in [1.54, 1.807) is 0 Å². The Morgan fingerprint density at radius 1 is 0.489 bits per heavy atom. The Labute approximate surface area is 293 Å². The van der Waals surface area contributed by atoms with E-state index in [4.69, 9.17) is 9.47 Å². The van der Waals surface area contributed by atoms with Gasteiger partial charge in [-0.05, 0) is 24.7 Å². The molecule has 280 valence electrons. The van der Waals surface area contributed by atoms with Gasteiger partial charge in [0.2, 0.25) is 0 Å². The number of hydrogen-bond donors (Lipinski definition) is 1. The molecule has 0 bridgehead atoms. The van der Waals surface area contributed by atoms with Gasteiger partial charge in [0.05, 0.1) is 6.61 Å². The van der Waals surface area contributed by atoms with Crippen LogP contribution in [0.1, 0.15) is 227 Å². The van der Waals surface area contributed by atoms with E-state index in [1.165, 1.54) is 148 Å². The molecule has 0 amide bonds. The van der Waals surface area contributed by atoms with Crippen LogP contribution in [0, 0.1) is 11.8 Å². The number of carbonyl (C=O) groups is 2. The highest BCUT2D eigenvalue weighted by Gasteiger charge is 2.16. The van der Waals surface area contributed by atoms with Crippen molar-refractivity contribution in [2.45, 2.75) is 233 Å². The fraction of sp³-hybridized carbons (Fsp3) is 0.952. The maximum atomic E-state index is 12.2. The summed E-state index contributed by atoms with van der Waals surface area (Å²) in [7, 11) is 0. The van der Waals surface area contributed by atoms with Crippen LogP contribution in [-0.4, -0.2) is 36.4 Å². The van der Waals surface area contributed by atoms with Crippen molar-refractivity contribution in [2.24, 2.45) is 11.8 Å². The molecule has 0 aliphatic carbocycles. The van der Waals surface area contributed by atoms with Crippen LogP contribution in [-0.2, 0) is 19.1 Å². The molecule has 0 aromatic rings. The molecular formula is C42H82O5. The van der Waals surface area contributed by atoms with Crippen molar-refractivity contribution in [1.82, 2.24) is 0 Å². The van der Waals surface area contributed by atoms with Crippen molar-refractivity contribution in [3.05, 3.63) is 0 Å². The number of aliphatic hydroxyl groups is 1. The quantitative estimate of drug-likeness (QED) is 0.0527. The van der Waals surface area contributed by atoms with Crippen molar-refractivity contribution in [1.29, 1.82) is 0 Å². The number of unbranched alkanes of at least 4 members (excludes halogenated alkanes) is 24. The van der Waals surface area contributed by atoms with Gasteiger partial charge in [0, 0.05) is 12.8 Å². The molecule has 0 radical (unpaired) electrons. The predicted molar refractivity (Wildman–Crippen MR) is 201 cm³/mol. The topological polar surface area (TPSA) is 72.8 Å². The summed E-state index contributed by atoms with van der Waals surface area (Å²) in [6.45, 7) is 8.87. The number of ether oxygens (including phenoxy) is 2. The van der Waals surface area contributed by atoms with E-state index in [0.29, 0.717) is 12.8 Å². The molecule has 0 rings (SSSR count). The van der Waals surface area contributed by atoms with Crippen LogP contribution < -0.4 is 0 Å². The second-order valence-electron chi connectivity index (χ2n) is 15.2. The number of carbonyl (C=O) groups excluding carboxylic acids is 2. The normalized spacial score (nSPS) is 12.8. The average molecular weight is 667 g/mol. The minimum atomic E-state index is -0.763. The molecule has 0 aromatic heterocycles. The highest BCUT2D eigenvalue weighted by atomic mass is 16.6. The number of aliphatic hydroxyl groups excluding tert-OH is 1. The molecule has 0 fully saturated rings. The van der Waals surface area contributed by atoms with Crippen molar-refractivity contribution >= 4 is 11.9 Å². The third-order valence-corrected chi connectivity index (χ3v) is 9.87. The minimum Gasteiger partial charge on any atom is -0.462 e. The molecule has 1 N–H and O–H groups in total. The monoisotopic (exact) mass is 667 g/mol. The molecule has 0 saturated carbocycles. The molecular weight excluding hydrogens is 584 g/mol. The van der Waals surface area contributed by atoms with Crippen LogP contribution in [0.25, 0.3) is 0 Å². The molecule has 0 aromatic carbocycles. The molecule has 47 heavy (non-hydrogen) atoms. The first kappa shape index (κ1) is 45.9. The highest BCUT2D eigenvalue weighted by Crippen LogP contribution is 2.17. The summed E-state index contributed by atoms with van der Waals surface area (Å²) < 4.78 is 10.6. The van der Waals surface area contributed by atoms with E-state index in [0.717, 1.165) is 50.4 Å². The van der Waals surface area contributed by atoms with Gasteiger partial charge in [0.1, 0.15) is 6.61 Å². The zero-order valence-electron chi connectivity index (χ0n) is 32.1. The Bertz CT molecular complexity index is 663. The summed E-state index contributed by atoms with van der Waals surface area (Å²) in [5.74, 6) is 1.14. The van der Waals surface area contributed by atoms with Crippen LogP contribution in [0.3, 0.4) is 0 Å². The van der Waals surface area contributed by atoms with Gasteiger partial charge in [-0.3, -0.25) is 9.59 Å². The van der Waals surface area contributed by atoms with Crippen molar-refractivity contribution in [3.63, 3.8) is 0 Å². The Morgan fingerprint density at radius 3 is 1.19 bits per heavy atom. The lowest BCUT2D eigenvalue weighted by Crippen LogP contribution is -2.28. The first-order valence-corrected chi connectivity index (χ1v) is 20.8. The zero-order valence-corrected chi connectivity index (χ0v) is 32.1. The molecule has 1 unspecified atom stereocenters. The van der Waals surface area contributed by atoms with Gasteiger partial charge in [-0.25, -0.2) is 0 Å². The van der Waals surface area contributed by atoms with Gasteiger partial charge in [-0.2, -0.15) is 0 Å². The Morgan fingerprint density at radius 2 is 0.830 bits per heavy atom. The molecule has 0 heterocycles. The fourth-order valence-electron chi connectivity index (χ4n) is 6.30. The standard InChI is InChI=1S/C42H82O5/c1-5-39(4)33-29-25-21-16-14-12-10-8-6-7-9-11-13-15-17-23-27-31-35-42(45)47-40(36-43)37-46-41(44)34-30-26-22-19-18-20-24-28-32-38(2)3/h38-40,43H,5-37H2,1-4H3/t39?,40-/m0/s1. The van der Waals surface area contributed by atoms with Gasteiger partial charge >= 0.3 is 11.9 Å². The molecule has 0 saturated heterocycles. The van der Waals surface area contributed by atoms with E-state index in [-0.39, 0.29) is 25.2 Å². The van der Waals surface area contributed by atoms with E-state index in [2.05, 4.69) is 27.7 Å². The van der Waals surface area contributed by atoms with Crippen LogP contribution in [0.4, 0.5) is 0 Å². The SMILES string of the molecule is CCC(C)CCCCCCCCCCCCCCCCCCCCC(=O)O[C@@H](CO)COC(=O)CCCCCCCCCCC(C)C. The second-order valence-corrected chi connectivity index (χ2v) is 15.2. The summed E-state index contributed by atoms with van der Waals surface area (Å²) in [4.78, 5) is 24.2. The molecule has 2 atom stereocenters. The van der Waals surface area contributed by atoms with Crippen LogP contribution in [0.5, 0.6) is 0 Å². The molecule has 5 nitrogen and oxygen atoms in total. The maximum Gasteiger partial charge on any atom is 0.306 e. The fourth-order valence-corrected chi connectivity index (χ4v) is 6.30. The highest BCUT2D eigenvalue weighted by molar-refractivity contribution is 5.70. The summed E-state index contributed by atoms with van der Waals surface area (Å²) in [6.07, 6.45) is 37.4. The summed E-state index contributed by atoms with van der Waals surface area (Å²) in [5, 5.41) is 9.55. The molecule has 0 spiro atoms. The van der Waals surface area contributed by atoms with Crippen molar-refractivity contribution in [2.75, 3.05) is 13.2 Å². The molecule has 5 heteroatoms. The lowest BCUT2D eigenvalue weighted by molar-refractivity contribution is -0.161. The van der Waals surface area contributed by atoms with E-state index >= 15 is 0 Å². The predicted octanol–water partition coefficient (Wildman–Crippen LogP) is 12.8. The van der Waals surface area contributed by atoms with E-state index in [1.807, 2.05) is 0 Å². The van der Waals surface area contributed by atoms with Gasteiger partial charge in [0.25, 0.3) is 0 Å². The first-order valence-electron chi connectivity index (χ1n) is 20.8. The summed E-state index contributed by atoms with van der Waals surface area (Å²) in [6, 6.07) is 0. The Hall–Kier alpha value is -1.10. The molecule has 0 aliphatic rings. The van der Waals surface area contributed by atoms with E-state index in [9.17, 15) is 14.7 Å². The lowest BCUT2D eigenvalue weighted by Gasteiger charge is -2.15. The lowest BCUT2D eigenvalue weighted by atomic mass is 9.99. The average Bonchev–Trinajstić information content (AvgIpc) is 3.06. The number of hydrogen-bond acceptors (Lipinski definition) is 5. The van der Waals surface area contributed by atoms with Crippen molar-refractivity contribution < 1.29 is 24.2 Å². The summed E-state index contributed by atoms with van der Waals surface area (Å²) in [5.41, 5.74) is 0. The number of esters is 2. The first-order chi connectivity index (χ1) is 22.9. The zero-order chi connectivity index (χ0) is 34.6.